The molecule has 2 aliphatic rings. The molecule has 2 aromatic carbocycles. The lowest BCUT2D eigenvalue weighted by atomic mass is 9.66. The number of amides is 1. The van der Waals surface area contributed by atoms with Crippen LogP contribution < -0.4 is 5.32 Å². The first-order chi connectivity index (χ1) is 14.0. The van der Waals surface area contributed by atoms with Gasteiger partial charge in [0.2, 0.25) is 5.91 Å². The van der Waals surface area contributed by atoms with Crippen LogP contribution in [0.5, 0.6) is 0 Å². The van der Waals surface area contributed by atoms with Crippen LogP contribution >= 0.6 is 0 Å². The summed E-state index contributed by atoms with van der Waals surface area (Å²) in [6, 6.07) is 16.3. The van der Waals surface area contributed by atoms with Crippen molar-refractivity contribution in [2.75, 3.05) is 13.1 Å². The molecule has 4 nitrogen and oxygen atoms in total. The molecule has 1 aliphatic carbocycles. The number of carbonyl (C=O) groups is 1. The van der Waals surface area contributed by atoms with Gasteiger partial charge in [-0.1, -0.05) is 55.3 Å². The van der Waals surface area contributed by atoms with Crippen LogP contribution in [0, 0.1) is 11.7 Å². The first kappa shape index (κ1) is 20.0. The molecule has 1 saturated heterocycles. The van der Waals surface area contributed by atoms with Crippen molar-refractivity contribution in [1.82, 2.24) is 10.2 Å². The Morgan fingerprint density at radius 2 is 1.86 bits per heavy atom. The number of hydrogen-bond acceptors (Lipinski definition) is 3. The van der Waals surface area contributed by atoms with Crippen LogP contribution in [0.3, 0.4) is 0 Å². The maximum absolute atomic E-state index is 13.5. The Morgan fingerprint density at radius 3 is 2.62 bits per heavy atom. The molecule has 1 aliphatic heterocycles. The highest BCUT2D eigenvalue weighted by Crippen LogP contribution is 2.49. The highest BCUT2D eigenvalue weighted by Gasteiger charge is 2.49. The SMILES string of the molecule is O=C(CN1CC[C@]2(O)CCCC[C@H]2[C@@H]1c1ccc(F)cc1)NCc1ccccc1. The van der Waals surface area contributed by atoms with E-state index in [-0.39, 0.29) is 30.2 Å². The fourth-order valence-electron chi connectivity index (χ4n) is 5.06. The average Bonchev–Trinajstić information content (AvgIpc) is 2.74. The minimum atomic E-state index is -0.686. The molecule has 3 atom stereocenters. The van der Waals surface area contributed by atoms with Crippen molar-refractivity contribution in [3.63, 3.8) is 0 Å². The summed E-state index contributed by atoms with van der Waals surface area (Å²) >= 11 is 0. The van der Waals surface area contributed by atoms with Gasteiger partial charge >= 0.3 is 0 Å². The molecular weight excluding hydrogens is 367 g/mol. The van der Waals surface area contributed by atoms with E-state index in [1.165, 1.54) is 12.1 Å². The molecule has 0 unspecified atom stereocenters. The number of carbonyl (C=O) groups excluding carboxylic acids is 1. The quantitative estimate of drug-likeness (QED) is 0.808. The lowest BCUT2D eigenvalue weighted by molar-refractivity contribution is -0.138. The molecular formula is C24H29FN2O2. The zero-order valence-corrected chi connectivity index (χ0v) is 16.7. The van der Waals surface area contributed by atoms with Crippen molar-refractivity contribution in [1.29, 1.82) is 0 Å². The zero-order chi connectivity index (χ0) is 20.3. The second-order valence-corrected chi connectivity index (χ2v) is 8.44. The largest absolute Gasteiger partial charge is 0.389 e. The summed E-state index contributed by atoms with van der Waals surface area (Å²) in [6.07, 6.45) is 4.55. The minimum absolute atomic E-state index is 0.0257. The van der Waals surface area contributed by atoms with Gasteiger partial charge in [0.25, 0.3) is 0 Å². The van der Waals surface area contributed by atoms with Crippen LogP contribution in [0.25, 0.3) is 0 Å². The maximum atomic E-state index is 13.5. The number of fused-ring (bicyclic) bond motifs is 1. The predicted octanol–water partition coefficient (Wildman–Crippen LogP) is 3.81. The summed E-state index contributed by atoms with van der Waals surface area (Å²) in [4.78, 5) is 14.8. The molecule has 1 saturated carbocycles. The number of likely N-dealkylation sites (tertiary alicyclic amines) is 1. The number of halogens is 1. The number of rotatable bonds is 5. The van der Waals surface area contributed by atoms with Gasteiger partial charge in [-0.05, 0) is 42.5 Å². The third-order valence-corrected chi connectivity index (χ3v) is 6.56. The Hall–Kier alpha value is -2.24. The fraction of sp³-hybridized carbons (Fsp3) is 0.458. The molecule has 154 valence electrons. The molecule has 5 heteroatoms. The van der Waals surface area contributed by atoms with E-state index in [2.05, 4.69) is 10.2 Å². The number of hydrogen-bond donors (Lipinski definition) is 2. The Balaban J connectivity index is 1.51. The third kappa shape index (κ3) is 4.51. The number of piperidine rings is 1. The highest BCUT2D eigenvalue weighted by atomic mass is 19.1. The molecule has 4 rings (SSSR count). The first-order valence-electron chi connectivity index (χ1n) is 10.6. The first-order valence-corrected chi connectivity index (χ1v) is 10.6. The van der Waals surface area contributed by atoms with Crippen LogP contribution in [0.4, 0.5) is 4.39 Å². The molecule has 2 N–H and O–H groups in total. The van der Waals surface area contributed by atoms with Gasteiger partial charge in [0, 0.05) is 25.0 Å². The van der Waals surface area contributed by atoms with Crippen molar-refractivity contribution in [3.05, 3.63) is 71.5 Å². The summed E-state index contributed by atoms with van der Waals surface area (Å²) in [5.41, 5.74) is 1.36. The van der Waals surface area contributed by atoms with Crippen molar-refractivity contribution >= 4 is 5.91 Å². The third-order valence-electron chi connectivity index (χ3n) is 6.56. The molecule has 29 heavy (non-hydrogen) atoms. The van der Waals surface area contributed by atoms with E-state index in [1.54, 1.807) is 12.1 Å². The highest BCUT2D eigenvalue weighted by molar-refractivity contribution is 5.78. The second kappa shape index (κ2) is 8.64. The van der Waals surface area contributed by atoms with Crippen LogP contribution in [-0.2, 0) is 11.3 Å². The molecule has 1 amide bonds. The lowest BCUT2D eigenvalue weighted by Crippen LogP contribution is -2.56. The van der Waals surface area contributed by atoms with E-state index in [9.17, 15) is 14.3 Å². The zero-order valence-electron chi connectivity index (χ0n) is 16.7. The Bertz CT molecular complexity index is 827. The Morgan fingerprint density at radius 1 is 1.10 bits per heavy atom. The number of aliphatic hydroxyl groups is 1. The van der Waals surface area contributed by atoms with E-state index in [4.69, 9.17) is 0 Å². The molecule has 1 heterocycles. The van der Waals surface area contributed by atoms with Crippen molar-refractivity contribution in [2.24, 2.45) is 5.92 Å². The normalized spacial score (nSPS) is 27.2. The van der Waals surface area contributed by atoms with Gasteiger partial charge in [-0.25, -0.2) is 4.39 Å². The average molecular weight is 397 g/mol. The topological polar surface area (TPSA) is 52.6 Å². The lowest BCUT2D eigenvalue weighted by Gasteiger charge is -2.52. The standard InChI is InChI=1S/C24H29FN2O2/c25-20-11-9-19(10-12-20)23-21-8-4-5-13-24(21,29)14-15-27(23)17-22(28)26-16-18-6-2-1-3-7-18/h1-3,6-7,9-12,21,23,29H,4-5,8,13-17H2,(H,26,28)/t21-,23-,24+/m0/s1. The van der Waals surface area contributed by atoms with Crippen molar-refractivity contribution in [3.8, 4) is 0 Å². The second-order valence-electron chi connectivity index (χ2n) is 8.44. The Kier molecular flexibility index (Phi) is 5.97. The number of nitrogens with zero attached hydrogens (tertiary/aromatic N) is 1. The molecule has 0 spiro atoms. The summed E-state index contributed by atoms with van der Waals surface area (Å²) < 4.78 is 13.5. The summed E-state index contributed by atoms with van der Waals surface area (Å²) in [5.74, 6) is -0.227. The van der Waals surface area contributed by atoms with Crippen LogP contribution in [0.1, 0.15) is 49.3 Å². The molecule has 2 fully saturated rings. The number of benzene rings is 2. The van der Waals surface area contributed by atoms with E-state index in [0.29, 0.717) is 19.5 Å². The van der Waals surface area contributed by atoms with Crippen molar-refractivity contribution in [2.45, 2.75) is 50.3 Å². The summed E-state index contributed by atoms with van der Waals surface area (Å²) in [5, 5.41) is 14.3. The minimum Gasteiger partial charge on any atom is -0.389 e. The number of nitrogens with one attached hydrogen (secondary N) is 1. The van der Waals surface area contributed by atoms with Crippen LogP contribution in [0.15, 0.2) is 54.6 Å². The van der Waals surface area contributed by atoms with Gasteiger partial charge in [0.05, 0.1) is 12.1 Å². The van der Waals surface area contributed by atoms with Gasteiger partial charge in [0.1, 0.15) is 5.82 Å². The van der Waals surface area contributed by atoms with Crippen LogP contribution in [0.2, 0.25) is 0 Å². The summed E-state index contributed by atoms with van der Waals surface area (Å²) in [6.45, 7) is 1.44. The Labute approximate surface area is 171 Å². The van der Waals surface area contributed by atoms with E-state index < -0.39 is 5.60 Å². The predicted molar refractivity (Wildman–Crippen MR) is 111 cm³/mol. The van der Waals surface area contributed by atoms with Crippen LogP contribution in [-0.4, -0.2) is 34.6 Å². The monoisotopic (exact) mass is 396 g/mol. The van der Waals surface area contributed by atoms with E-state index in [0.717, 1.165) is 36.8 Å². The van der Waals surface area contributed by atoms with E-state index >= 15 is 0 Å². The van der Waals surface area contributed by atoms with E-state index in [1.807, 2.05) is 30.3 Å². The smallest absolute Gasteiger partial charge is 0.234 e. The van der Waals surface area contributed by atoms with Gasteiger partial charge in [-0.3, -0.25) is 9.69 Å². The molecule has 0 aromatic heterocycles. The fourth-order valence-corrected chi connectivity index (χ4v) is 5.06. The summed E-state index contributed by atoms with van der Waals surface area (Å²) in [7, 11) is 0. The van der Waals surface area contributed by atoms with Gasteiger partial charge in [-0.2, -0.15) is 0 Å². The van der Waals surface area contributed by atoms with Gasteiger partial charge < -0.3 is 10.4 Å². The molecule has 2 aromatic rings. The molecule has 0 radical (unpaired) electrons. The maximum Gasteiger partial charge on any atom is 0.234 e. The van der Waals surface area contributed by atoms with Gasteiger partial charge in [-0.15, -0.1) is 0 Å². The van der Waals surface area contributed by atoms with Crippen molar-refractivity contribution < 1.29 is 14.3 Å². The van der Waals surface area contributed by atoms with Gasteiger partial charge in [0.15, 0.2) is 0 Å². The molecule has 0 bridgehead atoms.